The SMILES string of the molecule is CN1Cc2ccnn2CC2(CCSC2)C1. The average Bonchev–Trinajstić information content (AvgIpc) is 2.75. The molecule has 1 aromatic heterocycles. The van der Waals surface area contributed by atoms with Crippen molar-refractivity contribution in [3.63, 3.8) is 0 Å². The number of nitrogens with zero attached hydrogens (tertiary/aromatic N) is 3. The third-order valence-corrected chi connectivity index (χ3v) is 4.82. The van der Waals surface area contributed by atoms with E-state index in [1.54, 1.807) is 0 Å². The Morgan fingerprint density at radius 1 is 1.47 bits per heavy atom. The molecule has 2 aliphatic rings. The van der Waals surface area contributed by atoms with Crippen LogP contribution in [0.25, 0.3) is 0 Å². The fraction of sp³-hybridized carbons (Fsp3) is 0.727. The molecule has 0 aliphatic carbocycles. The van der Waals surface area contributed by atoms with Crippen LogP contribution in [0.2, 0.25) is 0 Å². The monoisotopic (exact) mass is 223 g/mol. The predicted molar refractivity (Wildman–Crippen MR) is 62.9 cm³/mol. The zero-order chi connectivity index (χ0) is 10.3. The van der Waals surface area contributed by atoms with E-state index in [-0.39, 0.29) is 0 Å². The minimum Gasteiger partial charge on any atom is -0.300 e. The summed E-state index contributed by atoms with van der Waals surface area (Å²) in [5.74, 6) is 2.63. The molecule has 0 bridgehead atoms. The van der Waals surface area contributed by atoms with E-state index in [9.17, 15) is 0 Å². The lowest BCUT2D eigenvalue weighted by atomic mass is 9.87. The van der Waals surface area contributed by atoms with E-state index >= 15 is 0 Å². The van der Waals surface area contributed by atoms with Crippen LogP contribution in [0.4, 0.5) is 0 Å². The number of hydrogen-bond donors (Lipinski definition) is 0. The highest BCUT2D eigenvalue weighted by Gasteiger charge is 2.38. The molecule has 1 saturated heterocycles. The molecule has 0 amide bonds. The van der Waals surface area contributed by atoms with Crippen molar-refractivity contribution < 1.29 is 0 Å². The molecular formula is C11H17N3S. The lowest BCUT2D eigenvalue weighted by Gasteiger charge is -2.29. The van der Waals surface area contributed by atoms with E-state index in [1.165, 1.54) is 30.2 Å². The maximum Gasteiger partial charge on any atom is 0.0524 e. The van der Waals surface area contributed by atoms with Gasteiger partial charge in [0.25, 0.3) is 0 Å². The van der Waals surface area contributed by atoms with Crippen molar-refractivity contribution in [1.82, 2.24) is 14.7 Å². The first-order chi connectivity index (χ1) is 7.27. The number of rotatable bonds is 0. The molecule has 2 aliphatic heterocycles. The summed E-state index contributed by atoms with van der Waals surface area (Å²) >= 11 is 2.10. The molecule has 82 valence electrons. The summed E-state index contributed by atoms with van der Waals surface area (Å²) in [6.07, 6.45) is 3.28. The fourth-order valence-electron chi connectivity index (χ4n) is 2.81. The second-order valence-corrected chi connectivity index (χ2v) is 6.06. The van der Waals surface area contributed by atoms with Crippen LogP contribution in [0, 0.1) is 5.41 Å². The Labute approximate surface area is 94.8 Å². The largest absolute Gasteiger partial charge is 0.300 e. The fourth-order valence-corrected chi connectivity index (χ4v) is 4.29. The summed E-state index contributed by atoms with van der Waals surface area (Å²) in [6, 6.07) is 2.15. The zero-order valence-electron chi connectivity index (χ0n) is 9.15. The Morgan fingerprint density at radius 3 is 3.20 bits per heavy atom. The van der Waals surface area contributed by atoms with Crippen LogP contribution >= 0.6 is 11.8 Å². The van der Waals surface area contributed by atoms with Crippen molar-refractivity contribution in [2.24, 2.45) is 5.41 Å². The molecule has 4 heteroatoms. The van der Waals surface area contributed by atoms with Gasteiger partial charge in [-0.05, 0) is 25.3 Å². The van der Waals surface area contributed by atoms with Crippen LogP contribution in [-0.4, -0.2) is 39.8 Å². The number of thioether (sulfide) groups is 1. The summed E-state index contributed by atoms with van der Waals surface area (Å²) in [5.41, 5.74) is 1.85. The van der Waals surface area contributed by atoms with E-state index < -0.39 is 0 Å². The van der Waals surface area contributed by atoms with Crippen LogP contribution in [0.15, 0.2) is 12.3 Å². The highest BCUT2D eigenvalue weighted by atomic mass is 32.2. The van der Waals surface area contributed by atoms with Gasteiger partial charge in [0.2, 0.25) is 0 Å². The quantitative estimate of drug-likeness (QED) is 0.664. The maximum absolute atomic E-state index is 4.45. The highest BCUT2D eigenvalue weighted by Crippen LogP contribution is 2.39. The van der Waals surface area contributed by atoms with E-state index in [0.717, 1.165) is 13.1 Å². The molecule has 15 heavy (non-hydrogen) atoms. The molecule has 1 atom stereocenters. The molecule has 0 aromatic carbocycles. The zero-order valence-corrected chi connectivity index (χ0v) is 9.96. The Hall–Kier alpha value is -0.480. The van der Waals surface area contributed by atoms with Gasteiger partial charge in [-0.1, -0.05) is 0 Å². The van der Waals surface area contributed by atoms with E-state index in [4.69, 9.17) is 0 Å². The van der Waals surface area contributed by atoms with Gasteiger partial charge < -0.3 is 0 Å². The van der Waals surface area contributed by atoms with Gasteiger partial charge in [-0.15, -0.1) is 0 Å². The van der Waals surface area contributed by atoms with Crippen molar-refractivity contribution in [2.75, 3.05) is 25.1 Å². The minimum atomic E-state index is 0.483. The molecule has 0 saturated carbocycles. The summed E-state index contributed by atoms with van der Waals surface area (Å²) < 4.78 is 2.22. The Balaban J connectivity index is 1.94. The molecule has 1 aromatic rings. The second kappa shape index (κ2) is 3.52. The van der Waals surface area contributed by atoms with Gasteiger partial charge in [0, 0.05) is 37.0 Å². The molecule has 3 nitrogen and oxygen atoms in total. The first kappa shape index (κ1) is 9.73. The van der Waals surface area contributed by atoms with Crippen molar-refractivity contribution in [3.8, 4) is 0 Å². The van der Waals surface area contributed by atoms with Crippen molar-refractivity contribution in [3.05, 3.63) is 18.0 Å². The smallest absolute Gasteiger partial charge is 0.0524 e. The molecule has 3 rings (SSSR count). The summed E-state index contributed by atoms with van der Waals surface area (Å²) in [4.78, 5) is 2.45. The van der Waals surface area contributed by atoms with Gasteiger partial charge in [-0.3, -0.25) is 9.58 Å². The molecular weight excluding hydrogens is 206 g/mol. The van der Waals surface area contributed by atoms with Crippen LogP contribution in [0.1, 0.15) is 12.1 Å². The van der Waals surface area contributed by atoms with Crippen molar-refractivity contribution >= 4 is 11.8 Å². The average molecular weight is 223 g/mol. The van der Waals surface area contributed by atoms with Crippen molar-refractivity contribution in [2.45, 2.75) is 19.5 Å². The van der Waals surface area contributed by atoms with Crippen LogP contribution in [0.3, 0.4) is 0 Å². The first-order valence-electron chi connectivity index (χ1n) is 5.54. The van der Waals surface area contributed by atoms with E-state index in [1.807, 2.05) is 6.20 Å². The third kappa shape index (κ3) is 1.70. The first-order valence-corrected chi connectivity index (χ1v) is 6.70. The second-order valence-electron chi connectivity index (χ2n) is 4.96. The lowest BCUT2D eigenvalue weighted by Crippen LogP contribution is -2.36. The molecule has 1 unspecified atom stereocenters. The maximum atomic E-state index is 4.45. The standard InChI is InChI=1S/C11H17N3S/c1-13-6-10-2-4-12-14(10)8-11(7-13)3-5-15-9-11/h2,4H,3,5-9H2,1H3. The molecule has 0 N–H and O–H groups in total. The topological polar surface area (TPSA) is 21.1 Å². The Kier molecular flexibility index (Phi) is 2.29. The molecule has 1 spiro atoms. The third-order valence-electron chi connectivity index (χ3n) is 3.51. The van der Waals surface area contributed by atoms with Gasteiger partial charge >= 0.3 is 0 Å². The molecule has 0 radical (unpaired) electrons. The van der Waals surface area contributed by atoms with Crippen LogP contribution in [0.5, 0.6) is 0 Å². The number of aromatic nitrogens is 2. The van der Waals surface area contributed by atoms with Gasteiger partial charge in [-0.25, -0.2) is 0 Å². The molecule has 1 fully saturated rings. The van der Waals surface area contributed by atoms with Crippen LogP contribution in [-0.2, 0) is 13.1 Å². The summed E-state index contributed by atoms with van der Waals surface area (Å²) in [7, 11) is 2.23. The minimum absolute atomic E-state index is 0.483. The van der Waals surface area contributed by atoms with Crippen molar-refractivity contribution in [1.29, 1.82) is 0 Å². The van der Waals surface area contributed by atoms with Gasteiger partial charge in [0.1, 0.15) is 0 Å². The number of fused-ring (bicyclic) bond motifs is 1. The Bertz CT molecular complexity index is 354. The van der Waals surface area contributed by atoms with Gasteiger partial charge in [0.15, 0.2) is 0 Å². The lowest BCUT2D eigenvalue weighted by molar-refractivity contribution is 0.188. The molecule has 3 heterocycles. The van der Waals surface area contributed by atoms with Gasteiger partial charge in [0.05, 0.1) is 5.69 Å². The normalized spacial score (nSPS) is 31.8. The van der Waals surface area contributed by atoms with E-state index in [2.05, 4.69) is 39.6 Å². The van der Waals surface area contributed by atoms with Crippen LogP contribution < -0.4 is 0 Å². The predicted octanol–water partition coefficient (Wildman–Crippen LogP) is 1.45. The summed E-state index contributed by atoms with van der Waals surface area (Å²) in [5, 5.41) is 4.45. The number of hydrogen-bond acceptors (Lipinski definition) is 3. The van der Waals surface area contributed by atoms with E-state index in [0.29, 0.717) is 5.41 Å². The highest BCUT2D eigenvalue weighted by molar-refractivity contribution is 7.99. The Morgan fingerprint density at radius 2 is 2.40 bits per heavy atom. The summed E-state index contributed by atoms with van der Waals surface area (Å²) in [6.45, 7) is 3.39. The van der Waals surface area contributed by atoms with Gasteiger partial charge in [-0.2, -0.15) is 16.9 Å².